The first-order valence-electron chi connectivity index (χ1n) is 15.6. The van der Waals surface area contributed by atoms with Crippen LogP contribution >= 0.6 is 0 Å². The zero-order chi connectivity index (χ0) is 40.8. The molecule has 7 rings (SSSR count). The summed E-state index contributed by atoms with van der Waals surface area (Å²) in [6.07, 6.45) is -11.1. The Bertz CT molecular complexity index is 2440. The molecule has 3 unspecified atom stereocenters. The maximum absolute atomic E-state index is 14.1. The van der Waals surface area contributed by atoms with Crippen molar-refractivity contribution in [2.24, 2.45) is 0 Å². The Labute approximate surface area is 308 Å². The van der Waals surface area contributed by atoms with Crippen LogP contribution in [0.2, 0.25) is 0 Å². The Morgan fingerprint density at radius 2 is 0.714 bits per heavy atom. The van der Waals surface area contributed by atoms with Crippen molar-refractivity contribution in [3.05, 3.63) is 46.5 Å². The zero-order valence-electron chi connectivity index (χ0n) is 27.4. The predicted molar refractivity (Wildman–Crippen MR) is 173 cm³/mol. The number of ether oxygens (including phenoxy) is 5. The van der Waals surface area contributed by atoms with Gasteiger partial charge in [0.05, 0.1) is 22.3 Å². The molecule has 0 bridgehead atoms. The van der Waals surface area contributed by atoms with Gasteiger partial charge in [0, 0.05) is 22.3 Å². The lowest BCUT2D eigenvalue weighted by Gasteiger charge is -2.43. The number of esters is 4. The lowest BCUT2D eigenvalue weighted by molar-refractivity contribution is -0.284. The highest BCUT2D eigenvalue weighted by Gasteiger charge is 2.54. The van der Waals surface area contributed by atoms with Crippen LogP contribution in [0.1, 0.15) is 41.4 Å². The van der Waals surface area contributed by atoms with Gasteiger partial charge in [-0.05, 0) is 24.3 Å². The molecular weight excluding hydrogens is 760 g/mol. The summed E-state index contributed by atoms with van der Waals surface area (Å²) in [5, 5.41) is 137. The highest BCUT2D eigenvalue weighted by atomic mass is 16.7. The van der Waals surface area contributed by atoms with E-state index in [-0.39, 0.29) is 0 Å². The average Bonchev–Trinajstić information content (AvgIpc) is 3.16. The van der Waals surface area contributed by atoms with Gasteiger partial charge in [-0.1, -0.05) is 0 Å². The molecule has 0 radical (unpaired) electrons. The van der Waals surface area contributed by atoms with Crippen LogP contribution in [0.3, 0.4) is 0 Å². The minimum Gasteiger partial charge on any atom is -0.504 e. The van der Waals surface area contributed by atoms with Gasteiger partial charge in [-0.25, -0.2) is 19.2 Å². The summed E-state index contributed by atoms with van der Waals surface area (Å²) in [7, 11) is 0. The molecule has 3 heterocycles. The molecule has 56 heavy (non-hydrogen) atoms. The van der Waals surface area contributed by atoms with Crippen molar-refractivity contribution in [1.29, 1.82) is 0 Å². The third-order valence-corrected chi connectivity index (χ3v) is 9.11. The molecule has 292 valence electrons. The van der Waals surface area contributed by atoms with E-state index in [1.54, 1.807) is 0 Å². The average molecular weight is 785 g/mol. The molecule has 4 aromatic carbocycles. The number of benzene rings is 4. The lowest BCUT2D eigenvalue weighted by atomic mass is 9.91. The molecule has 1 fully saturated rings. The van der Waals surface area contributed by atoms with Crippen LogP contribution in [0.4, 0.5) is 0 Å². The Kier molecular flexibility index (Phi) is 8.31. The van der Waals surface area contributed by atoms with Crippen molar-refractivity contribution in [1.82, 2.24) is 0 Å². The summed E-state index contributed by atoms with van der Waals surface area (Å²) in [6, 6.07) is 1.96. The summed E-state index contributed by atoms with van der Waals surface area (Å²) in [4.78, 5) is 55.3. The summed E-state index contributed by atoms with van der Waals surface area (Å²) in [5.41, 5.74) is -7.76. The smallest absolute Gasteiger partial charge is 0.339 e. The molecule has 4 aromatic rings. The summed E-state index contributed by atoms with van der Waals surface area (Å²) in [5.74, 6) is -21.9. The topological polar surface area (TPSA) is 377 Å². The number of cyclic esters (lactones) is 1. The number of aliphatic hydroxyl groups excluding tert-OH is 1. The first kappa shape index (κ1) is 36.6. The van der Waals surface area contributed by atoms with E-state index in [4.69, 9.17) is 23.7 Å². The van der Waals surface area contributed by atoms with Gasteiger partial charge in [-0.3, -0.25) is 0 Å². The number of hydrogen-bond donors (Lipinski definition) is 13. The number of carbonyl (C=O) groups is 4. The maximum atomic E-state index is 14.1. The highest BCUT2D eigenvalue weighted by molar-refractivity contribution is 6.10. The van der Waals surface area contributed by atoms with Crippen LogP contribution in [-0.2, 0) is 23.7 Å². The van der Waals surface area contributed by atoms with Crippen LogP contribution in [0.15, 0.2) is 24.3 Å². The Morgan fingerprint density at radius 3 is 1.07 bits per heavy atom. The van der Waals surface area contributed by atoms with Gasteiger partial charge in [-0.2, -0.15) is 0 Å². The Hall–Kier alpha value is -7.72. The van der Waals surface area contributed by atoms with Crippen LogP contribution < -0.4 is 0 Å². The number of hydrogen-bond acceptors (Lipinski definition) is 22. The van der Waals surface area contributed by atoms with Gasteiger partial charge in [0.15, 0.2) is 70.6 Å². The monoisotopic (exact) mass is 784 g/mol. The third kappa shape index (κ3) is 5.34. The van der Waals surface area contributed by atoms with Crippen molar-refractivity contribution < 1.29 is 109 Å². The fourth-order valence-electron chi connectivity index (χ4n) is 6.46. The van der Waals surface area contributed by atoms with E-state index >= 15 is 0 Å². The van der Waals surface area contributed by atoms with Gasteiger partial charge < -0.3 is 90.1 Å². The van der Waals surface area contributed by atoms with Gasteiger partial charge in [0.1, 0.15) is 12.7 Å². The number of phenols is 12. The molecule has 22 heteroatoms. The number of carbonyl (C=O) groups excluding carboxylic acids is 4. The number of aromatic hydroxyl groups is 12. The van der Waals surface area contributed by atoms with Crippen LogP contribution in [0.5, 0.6) is 69.0 Å². The molecule has 13 N–H and O–H groups in total. The summed E-state index contributed by atoms with van der Waals surface area (Å²) < 4.78 is 27.2. The molecule has 0 saturated carbocycles. The SMILES string of the molecule is O=C1OCC2OC(O)C3OC(=O)c4cc(O)c(O)c(O)c4-c4c(cc(O)c(O)c4O)C(=O)O[C@H]3[C@@H]2OC(=O)c2cc(O)c(O)c(O)c2-c2c1cc(O)c(O)c2O. The standard InChI is InChI=1S/C34H24O22/c35-10-1-6-15(23(43)19(10)39)16-7(2-11(36)20(40)24(16)44)31(48)54-27-14(5-52-30(6)47)53-34(51)29-28(27)55-32(49)8-3-12(37)21(41)25(45)17(8)18-9(33(50)56-29)4-13(38)22(42)26(18)46/h1-4,14,27-29,34-46,51H,5H2/t14?,27-,28+,29?,34?/m1/s1. The van der Waals surface area contributed by atoms with Crippen molar-refractivity contribution in [2.45, 2.75) is 30.7 Å². The van der Waals surface area contributed by atoms with E-state index in [1.807, 2.05) is 0 Å². The van der Waals surface area contributed by atoms with Gasteiger partial charge in [0.2, 0.25) is 23.0 Å². The molecular formula is C34H24O22. The maximum Gasteiger partial charge on any atom is 0.339 e. The van der Waals surface area contributed by atoms with E-state index in [1.165, 1.54) is 0 Å². The first-order valence-corrected chi connectivity index (χ1v) is 15.6. The van der Waals surface area contributed by atoms with E-state index in [0.717, 1.165) is 0 Å². The normalized spacial score (nSPS) is 21.8. The molecule has 0 spiro atoms. The predicted octanol–water partition coefficient (Wildman–Crippen LogP) is 0.665. The minimum absolute atomic E-state index is 0.465. The number of rotatable bonds is 0. The van der Waals surface area contributed by atoms with Crippen LogP contribution in [-0.4, -0.2) is 128 Å². The van der Waals surface area contributed by atoms with E-state index in [0.29, 0.717) is 24.3 Å². The third-order valence-electron chi connectivity index (χ3n) is 9.11. The largest absolute Gasteiger partial charge is 0.504 e. The van der Waals surface area contributed by atoms with Crippen molar-refractivity contribution in [3.8, 4) is 91.2 Å². The Morgan fingerprint density at radius 1 is 0.411 bits per heavy atom. The van der Waals surface area contributed by atoms with E-state index in [9.17, 15) is 85.6 Å². The summed E-state index contributed by atoms with van der Waals surface area (Å²) >= 11 is 0. The second kappa shape index (κ2) is 12.7. The lowest BCUT2D eigenvalue weighted by Crippen LogP contribution is -2.62. The molecule has 3 aliphatic rings. The molecule has 0 aliphatic carbocycles. The fraction of sp³-hybridized carbons (Fsp3) is 0.176. The Balaban J connectivity index is 1.44. The molecule has 1 saturated heterocycles. The number of aliphatic hydroxyl groups is 1. The minimum atomic E-state index is -2.40. The molecule has 5 atom stereocenters. The summed E-state index contributed by atoms with van der Waals surface area (Å²) in [6.45, 7) is -1.08. The first-order chi connectivity index (χ1) is 26.3. The van der Waals surface area contributed by atoms with E-state index in [2.05, 4.69) is 0 Å². The molecule has 3 aliphatic heterocycles. The van der Waals surface area contributed by atoms with Crippen molar-refractivity contribution >= 4 is 23.9 Å². The van der Waals surface area contributed by atoms with Crippen molar-refractivity contribution in [2.75, 3.05) is 6.61 Å². The quantitative estimate of drug-likeness (QED) is 0.0661. The zero-order valence-corrected chi connectivity index (χ0v) is 27.4. The van der Waals surface area contributed by atoms with E-state index < -0.39 is 175 Å². The van der Waals surface area contributed by atoms with Crippen molar-refractivity contribution in [3.63, 3.8) is 0 Å². The van der Waals surface area contributed by atoms with Gasteiger partial charge in [0.25, 0.3) is 0 Å². The second-order valence-electron chi connectivity index (χ2n) is 12.3. The molecule has 0 aromatic heterocycles. The van der Waals surface area contributed by atoms with Crippen LogP contribution in [0.25, 0.3) is 22.3 Å². The second-order valence-corrected chi connectivity index (χ2v) is 12.3. The molecule has 22 nitrogen and oxygen atoms in total. The number of phenolic OH excluding ortho intramolecular Hbond substituents is 12. The van der Waals surface area contributed by atoms with Gasteiger partial charge in [-0.15, -0.1) is 0 Å². The number of fused-ring (bicyclic) bond motifs is 9. The molecule has 0 amide bonds. The van der Waals surface area contributed by atoms with Crippen LogP contribution in [0, 0.1) is 0 Å². The highest BCUT2D eigenvalue weighted by Crippen LogP contribution is 2.55. The van der Waals surface area contributed by atoms with Gasteiger partial charge >= 0.3 is 23.9 Å². The fourth-order valence-corrected chi connectivity index (χ4v) is 6.46.